The van der Waals surface area contributed by atoms with Gasteiger partial charge in [0.2, 0.25) is 5.91 Å². The molecular formula is C12H24N2O2. The maximum Gasteiger partial charge on any atom is 0.240 e. The van der Waals surface area contributed by atoms with Crippen molar-refractivity contribution in [2.24, 2.45) is 5.92 Å². The first-order chi connectivity index (χ1) is 7.64. The molecule has 1 amide bonds. The topological polar surface area (TPSA) is 61.4 Å². The molecule has 0 aromatic rings. The van der Waals surface area contributed by atoms with Crippen LogP contribution in [0.2, 0.25) is 0 Å². The summed E-state index contributed by atoms with van der Waals surface area (Å²) in [5, 5.41) is 15.2. The lowest BCUT2D eigenvalue weighted by molar-refractivity contribution is -0.127. The molecule has 1 saturated heterocycles. The summed E-state index contributed by atoms with van der Waals surface area (Å²) in [6, 6.07) is 0. The monoisotopic (exact) mass is 228 g/mol. The highest BCUT2D eigenvalue weighted by Gasteiger charge is 2.39. The summed E-state index contributed by atoms with van der Waals surface area (Å²) in [6.07, 6.45) is 3.91. The minimum Gasteiger partial charge on any atom is -0.396 e. The average molecular weight is 228 g/mol. The van der Waals surface area contributed by atoms with Crippen LogP contribution in [0.5, 0.6) is 0 Å². The molecule has 0 saturated carbocycles. The molecule has 1 aliphatic heterocycles. The lowest BCUT2D eigenvalue weighted by Gasteiger charge is -2.28. The second-order valence-electron chi connectivity index (χ2n) is 4.86. The fourth-order valence-corrected chi connectivity index (χ4v) is 2.25. The largest absolute Gasteiger partial charge is 0.396 e. The Morgan fingerprint density at radius 1 is 1.62 bits per heavy atom. The fourth-order valence-electron chi connectivity index (χ4n) is 2.25. The molecule has 16 heavy (non-hydrogen) atoms. The van der Waals surface area contributed by atoms with Crippen LogP contribution in [0, 0.1) is 5.92 Å². The second-order valence-corrected chi connectivity index (χ2v) is 4.86. The van der Waals surface area contributed by atoms with Gasteiger partial charge in [-0.3, -0.25) is 4.79 Å². The Labute approximate surface area is 97.8 Å². The van der Waals surface area contributed by atoms with E-state index in [0.29, 0.717) is 6.54 Å². The maximum absolute atomic E-state index is 12.1. The van der Waals surface area contributed by atoms with Gasteiger partial charge in [-0.05, 0) is 31.7 Å². The van der Waals surface area contributed by atoms with Crippen LogP contribution in [-0.2, 0) is 4.79 Å². The van der Waals surface area contributed by atoms with Gasteiger partial charge in [-0.25, -0.2) is 0 Å². The van der Waals surface area contributed by atoms with Gasteiger partial charge in [0.25, 0.3) is 0 Å². The lowest BCUT2D eigenvalue weighted by atomic mass is 9.90. The van der Waals surface area contributed by atoms with Gasteiger partial charge in [-0.1, -0.05) is 20.3 Å². The number of carbonyl (C=O) groups is 1. The Kier molecular flexibility index (Phi) is 5.22. The maximum atomic E-state index is 12.1. The van der Waals surface area contributed by atoms with Crippen molar-refractivity contribution >= 4 is 5.91 Å². The molecule has 94 valence electrons. The Morgan fingerprint density at radius 2 is 2.38 bits per heavy atom. The molecule has 1 rings (SSSR count). The first-order valence-electron chi connectivity index (χ1n) is 6.29. The quantitative estimate of drug-likeness (QED) is 0.625. The van der Waals surface area contributed by atoms with Gasteiger partial charge in [-0.2, -0.15) is 0 Å². The van der Waals surface area contributed by atoms with Gasteiger partial charge < -0.3 is 15.7 Å². The highest BCUT2D eigenvalue weighted by molar-refractivity contribution is 5.86. The summed E-state index contributed by atoms with van der Waals surface area (Å²) >= 11 is 0. The third kappa shape index (κ3) is 3.19. The van der Waals surface area contributed by atoms with E-state index in [0.717, 1.165) is 32.2 Å². The summed E-state index contributed by atoms with van der Waals surface area (Å²) in [7, 11) is 0. The molecular weight excluding hydrogens is 204 g/mol. The third-order valence-electron chi connectivity index (χ3n) is 3.28. The van der Waals surface area contributed by atoms with E-state index >= 15 is 0 Å². The standard InChI is InChI=1S/C12H24N2O2/c1-3-5-12(6-4-7-14-12)11(16)13-8-10(2)9-15/h10,14-15H,3-9H2,1-2H3,(H,13,16). The number of nitrogens with one attached hydrogen (secondary N) is 2. The van der Waals surface area contributed by atoms with Crippen LogP contribution >= 0.6 is 0 Å². The zero-order valence-electron chi connectivity index (χ0n) is 10.4. The summed E-state index contributed by atoms with van der Waals surface area (Å²) in [4.78, 5) is 12.1. The van der Waals surface area contributed by atoms with Crippen LogP contribution in [0.1, 0.15) is 39.5 Å². The van der Waals surface area contributed by atoms with E-state index in [1.165, 1.54) is 0 Å². The van der Waals surface area contributed by atoms with Gasteiger partial charge in [0.1, 0.15) is 0 Å². The van der Waals surface area contributed by atoms with Crippen molar-refractivity contribution in [1.82, 2.24) is 10.6 Å². The molecule has 4 nitrogen and oxygen atoms in total. The Morgan fingerprint density at radius 3 is 2.88 bits per heavy atom. The van der Waals surface area contributed by atoms with Gasteiger partial charge in [0.15, 0.2) is 0 Å². The molecule has 4 heteroatoms. The van der Waals surface area contributed by atoms with E-state index in [1.807, 2.05) is 6.92 Å². The molecule has 0 aromatic heterocycles. The molecule has 1 fully saturated rings. The molecule has 1 heterocycles. The van der Waals surface area contributed by atoms with Crippen molar-refractivity contribution in [2.45, 2.75) is 45.1 Å². The molecule has 1 aliphatic rings. The Bertz CT molecular complexity index is 225. The fraction of sp³-hybridized carbons (Fsp3) is 0.917. The van der Waals surface area contributed by atoms with Crippen LogP contribution in [0.25, 0.3) is 0 Å². The predicted molar refractivity (Wildman–Crippen MR) is 64.1 cm³/mol. The van der Waals surface area contributed by atoms with Crippen molar-refractivity contribution < 1.29 is 9.90 Å². The highest BCUT2D eigenvalue weighted by atomic mass is 16.3. The van der Waals surface area contributed by atoms with Crippen LogP contribution in [0.15, 0.2) is 0 Å². The van der Waals surface area contributed by atoms with E-state index < -0.39 is 0 Å². The van der Waals surface area contributed by atoms with Crippen molar-refractivity contribution in [3.63, 3.8) is 0 Å². The zero-order valence-corrected chi connectivity index (χ0v) is 10.4. The van der Waals surface area contributed by atoms with Gasteiger partial charge in [-0.15, -0.1) is 0 Å². The number of hydrogen-bond donors (Lipinski definition) is 3. The highest BCUT2D eigenvalue weighted by Crippen LogP contribution is 2.24. The molecule has 2 unspecified atom stereocenters. The van der Waals surface area contributed by atoms with Crippen LogP contribution in [0.4, 0.5) is 0 Å². The normalized spacial score (nSPS) is 26.7. The van der Waals surface area contributed by atoms with Gasteiger partial charge in [0.05, 0.1) is 5.54 Å². The Balaban J connectivity index is 2.48. The summed E-state index contributed by atoms with van der Waals surface area (Å²) in [5.74, 6) is 0.233. The Hall–Kier alpha value is -0.610. The second kappa shape index (κ2) is 6.21. The summed E-state index contributed by atoms with van der Waals surface area (Å²) in [5.41, 5.74) is -0.343. The van der Waals surface area contributed by atoms with Crippen molar-refractivity contribution in [1.29, 1.82) is 0 Å². The van der Waals surface area contributed by atoms with E-state index in [-0.39, 0.29) is 24.0 Å². The molecule has 0 bridgehead atoms. The first-order valence-corrected chi connectivity index (χ1v) is 6.29. The minimum atomic E-state index is -0.343. The van der Waals surface area contributed by atoms with Crippen LogP contribution in [0.3, 0.4) is 0 Å². The number of hydrogen-bond acceptors (Lipinski definition) is 3. The van der Waals surface area contributed by atoms with Crippen molar-refractivity contribution in [3.05, 3.63) is 0 Å². The summed E-state index contributed by atoms with van der Waals surface area (Å²) < 4.78 is 0. The predicted octanol–water partition coefficient (Wildman–Crippen LogP) is 0.653. The number of carbonyl (C=O) groups excluding carboxylic acids is 1. The molecule has 0 aliphatic carbocycles. The van der Waals surface area contributed by atoms with Crippen LogP contribution in [-0.4, -0.2) is 36.2 Å². The number of aliphatic hydroxyl groups excluding tert-OH is 1. The zero-order chi connectivity index (χ0) is 12.0. The molecule has 0 aromatic carbocycles. The summed E-state index contributed by atoms with van der Waals surface area (Å²) in [6.45, 7) is 5.64. The number of rotatable bonds is 6. The van der Waals surface area contributed by atoms with E-state index in [4.69, 9.17) is 5.11 Å². The minimum absolute atomic E-state index is 0.104. The van der Waals surface area contributed by atoms with Crippen molar-refractivity contribution in [2.75, 3.05) is 19.7 Å². The number of aliphatic hydroxyl groups is 1. The molecule has 3 N–H and O–H groups in total. The third-order valence-corrected chi connectivity index (χ3v) is 3.28. The SMILES string of the molecule is CCCC1(C(=O)NCC(C)CO)CCCN1. The lowest BCUT2D eigenvalue weighted by Crippen LogP contribution is -2.54. The van der Waals surface area contributed by atoms with E-state index in [2.05, 4.69) is 17.6 Å². The van der Waals surface area contributed by atoms with Gasteiger partial charge >= 0.3 is 0 Å². The number of amides is 1. The molecule has 0 spiro atoms. The first kappa shape index (κ1) is 13.5. The smallest absolute Gasteiger partial charge is 0.240 e. The molecule has 0 radical (unpaired) electrons. The van der Waals surface area contributed by atoms with Gasteiger partial charge in [0, 0.05) is 13.2 Å². The van der Waals surface area contributed by atoms with Crippen molar-refractivity contribution in [3.8, 4) is 0 Å². The van der Waals surface area contributed by atoms with E-state index in [1.54, 1.807) is 0 Å². The molecule has 2 atom stereocenters. The average Bonchev–Trinajstić information content (AvgIpc) is 2.75. The van der Waals surface area contributed by atoms with E-state index in [9.17, 15) is 4.79 Å². The van der Waals surface area contributed by atoms with Crippen LogP contribution < -0.4 is 10.6 Å².